The second-order valence-electron chi connectivity index (χ2n) is 7.74. The van der Waals surface area contributed by atoms with Gasteiger partial charge in [-0.1, -0.05) is 48.5 Å². The highest BCUT2D eigenvalue weighted by Gasteiger charge is 2.30. The third-order valence-electron chi connectivity index (χ3n) is 4.51. The first-order valence-corrected chi connectivity index (χ1v) is 9.22. The Labute approximate surface area is 164 Å². The molecule has 1 atom stereocenters. The van der Waals surface area contributed by atoms with E-state index in [1.165, 1.54) is 0 Å². The molecular formula is C22H25NO5. The van der Waals surface area contributed by atoms with E-state index < -0.39 is 23.8 Å². The molecule has 0 fully saturated rings. The van der Waals surface area contributed by atoms with Crippen LogP contribution in [0.25, 0.3) is 11.1 Å². The van der Waals surface area contributed by atoms with Crippen LogP contribution in [0.1, 0.15) is 37.8 Å². The number of carbonyl (C=O) groups excluding carboxylic acids is 2. The Morgan fingerprint density at radius 2 is 1.54 bits per heavy atom. The molecule has 0 radical (unpaired) electrons. The van der Waals surface area contributed by atoms with Gasteiger partial charge in [0.05, 0.1) is 12.2 Å². The van der Waals surface area contributed by atoms with Crippen LogP contribution >= 0.6 is 0 Å². The molecule has 0 amide bonds. The Hall–Kier alpha value is -2.70. The summed E-state index contributed by atoms with van der Waals surface area (Å²) in [5, 5.41) is 0. The zero-order chi connectivity index (χ0) is 20.3. The van der Waals surface area contributed by atoms with Gasteiger partial charge in [-0.25, -0.2) is 9.59 Å². The lowest BCUT2D eigenvalue weighted by Gasteiger charge is -2.21. The molecule has 6 nitrogen and oxygen atoms in total. The van der Waals surface area contributed by atoms with Crippen molar-refractivity contribution in [1.82, 2.24) is 0 Å². The molecule has 0 heterocycles. The lowest BCUT2D eigenvalue weighted by atomic mass is 9.98. The summed E-state index contributed by atoms with van der Waals surface area (Å²) in [6.45, 7) is 5.57. The van der Waals surface area contributed by atoms with Gasteiger partial charge in [0.25, 0.3) is 0 Å². The molecule has 0 spiro atoms. The summed E-state index contributed by atoms with van der Waals surface area (Å²) >= 11 is 0. The van der Waals surface area contributed by atoms with E-state index in [9.17, 15) is 9.59 Å². The van der Waals surface area contributed by atoms with Gasteiger partial charge in [0, 0.05) is 5.92 Å². The lowest BCUT2D eigenvalue weighted by Crippen LogP contribution is -2.40. The van der Waals surface area contributed by atoms with E-state index in [1.54, 1.807) is 0 Å². The summed E-state index contributed by atoms with van der Waals surface area (Å²) in [6, 6.07) is 14.9. The number of benzene rings is 2. The first-order chi connectivity index (χ1) is 13.3. The van der Waals surface area contributed by atoms with Gasteiger partial charge in [0.2, 0.25) is 0 Å². The molecule has 0 bridgehead atoms. The van der Waals surface area contributed by atoms with Crippen molar-refractivity contribution in [2.24, 2.45) is 5.73 Å². The van der Waals surface area contributed by atoms with Crippen molar-refractivity contribution in [3.8, 4) is 11.1 Å². The largest absolute Gasteiger partial charge is 0.516 e. The number of nitrogens with two attached hydrogens (primary N) is 1. The van der Waals surface area contributed by atoms with Crippen LogP contribution in [0.5, 0.6) is 0 Å². The summed E-state index contributed by atoms with van der Waals surface area (Å²) in [4.78, 5) is 23.9. The molecule has 3 rings (SSSR count). The van der Waals surface area contributed by atoms with Gasteiger partial charge in [-0.2, -0.15) is 0 Å². The van der Waals surface area contributed by atoms with Crippen molar-refractivity contribution >= 4 is 12.1 Å². The molecule has 2 aromatic carbocycles. The molecule has 0 saturated heterocycles. The fourth-order valence-corrected chi connectivity index (χ4v) is 3.19. The predicted molar refractivity (Wildman–Crippen MR) is 105 cm³/mol. The molecule has 6 heteroatoms. The van der Waals surface area contributed by atoms with E-state index >= 15 is 0 Å². The van der Waals surface area contributed by atoms with Crippen LogP contribution in [0.2, 0.25) is 0 Å². The van der Waals surface area contributed by atoms with Crippen molar-refractivity contribution < 1.29 is 23.8 Å². The smallest absolute Gasteiger partial charge is 0.433 e. The molecule has 0 aliphatic heterocycles. The first kappa shape index (κ1) is 20.0. The fourth-order valence-electron chi connectivity index (χ4n) is 3.19. The van der Waals surface area contributed by atoms with Gasteiger partial charge in [-0.15, -0.1) is 0 Å². The lowest BCUT2D eigenvalue weighted by molar-refractivity contribution is -0.144. The third-order valence-corrected chi connectivity index (χ3v) is 4.51. The Morgan fingerprint density at radius 1 is 1.00 bits per heavy atom. The Bertz CT molecular complexity index is 826. The normalized spacial score (nSPS) is 14.1. The van der Waals surface area contributed by atoms with E-state index in [0.29, 0.717) is 0 Å². The molecule has 1 aliphatic carbocycles. The zero-order valence-corrected chi connectivity index (χ0v) is 16.3. The zero-order valence-electron chi connectivity index (χ0n) is 16.3. The van der Waals surface area contributed by atoms with Crippen molar-refractivity contribution in [3.63, 3.8) is 0 Å². The highest BCUT2D eigenvalue weighted by molar-refractivity contribution is 5.85. The summed E-state index contributed by atoms with van der Waals surface area (Å²) < 4.78 is 15.4. The number of fused-ring (bicyclic) bond motifs is 3. The molecule has 2 aromatic rings. The SMILES string of the molecule is CC(C)(C)OC[C@H](N)C(=O)OC(=O)OCC1c2ccccc2-c2ccccc21. The molecular weight excluding hydrogens is 358 g/mol. The monoisotopic (exact) mass is 383 g/mol. The summed E-state index contributed by atoms with van der Waals surface area (Å²) in [6.07, 6.45) is -1.06. The topological polar surface area (TPSA) is 87.9 Å². The maximum absolute atomic E-state index is 12.0. The second-order valence-corrected chi connectivity index (χ2v) is 7.74. The number of hydrogen-bond acceptors (Lipinski definition) is 6. The minimum atomic E-state index is -1.06. The summed E-state index contributed by atoms with van der Waals surface area (Å²) in [5.74, 6) is -0.977. The van der Waals surface area contributed by atoms with Crippen LogP contribution in [0.3, 0.4) is 0 Å². The number of ether oxygens (including phenoxy) is 3. The van der Waals surface area contributed by atoms with E-state index in [0.717, 1.165) is 22.3 Å². The number of esters is 1. The summed E-state index contributed by atoms with van der Waals surface area (Å²) in [7, 11) is 0. The van der Waals surface area contributed by atoms with Crippen LogP contribution in [0, 0.1) is 0 Å². The third kappa shape index (κ3) is 4.58. The number of carbonyl (C=O) groups is 2. The van der Waals surface area contributed by atoms with Crippen molar-refractivity contribution in [1.29, 1.82) is 0 Å². The molecule has 1 aliphatic rings. The molecule has 148 valence electrons. The highest BCUT2D eigenvalue weighted by atomic mass is 16.7. The maximum atomic E-state index is 12.0. The van der Waals surface area contributed by atoms with Crippen molar-refractivity contribution in [2.45, 2.75) is 38.3 Å². The first-order valence-electron chi connectivity index (χ1n) is 9.22. The molecule has 0 saturated carbocycles. The second kappa shape index (κ2) is 8.12. The fraction of sp³-hybridized carbons (Fsp3) is 0.364. The highest BCUT2D eigenvalue weighted by Crippen LogP contribution is 2.44. The number of rotatable bonds is 5. The predicted octanol–water partition coefficient (Wildman–Crippen LogP) is 3.62. The van der Waals surface area contributed by atoms with Gasteiger partial charge >= 0.3 is 12.1 Å². The Kier molecular flexibility index (Phi) is 5.82. The van der Waals surface area contributed by atoms with Crippen molar-refractivity contribution in [3.05, 3.63) is 59.7 Å². The maximum Gasteiger partial charge on any atom is 0.516 e. The van der Waals surface area contributed by atoms with Gasteiger partial charge in [-0.05, 0) is 43.0 Å². The van der Waals surface area contributed by atoms with E-state index in [2.05, 4.69) is 0 Å². The van der Waals surface area contributed by atoms with Gasteiger partial charge in [0.15, 0.2) is 0 Å². The van der Waals surface area contributed by atoms with Crippen LogP contribution in [0.15, 0.2) is 48.5 Å². The number of hydrogen-bond donors (Lipinski definition) is 1. The van der Waals surface area contributed by atoms with E-state index in [-0.39, 0.29) is 19.1 Å². The van der Waals surface area contributed by atoms with Crippen LogP contribution in [-0.2, 0) is 19.0 Å². The van der Waals surface area contributed by atoms with Crippen LogP contribution in [0.4, 0.5) is 4.79 Å². The van der Waals surface area contributed by atoms with Crippen LogP contribution < -0.4 is 5.73 Å². The van der Waals surface area contributed by atoms with Crippen LogP contribution in [-0.4, -0.2) is 37.0 Å². The average molecular weight is 383 g/mol. The Morgan fingerprint density at radius 3 is 2.07 bits per heavy atom. The minimum Gasteiger partial charge on any atom is -0.433 e. The van der Waals surface area contributed by atoms with Gasteiger partial charge in [0.1, 0.15) is 12.6 Å². The van der Waals surface area contributed by atoms with Crippen molar-refractivity contribution in [2.75, 3.05) is 13.2 Å². The summed E-state index contributed by atoms with van der Waals surface area (Å²) in [5.41, 5.74) is 9.68. The van der Waals surface area contributed by atoms with E-state index in [1.807, 2.05) is 69.3 Å². The average Bonchev–Trinajstić information content (AvgIpc) is 2.98. The molecule has 28 heavy (non-hydrogen) atoms. The minimum absolute atomic E-state index is 0.0427. The van der Waals surface area contributed by atoms with Gasteiger partial charge in [-0.3, -0.25) is 0 Å². The molecule has 2 N–H and O–H groups in total. The molecule has 0 unspecified atom stereocenters. The Balaban J connectivity index is 1.59. The molecule has 0 aromatic heterocycles. The van der Waals surface area contributed by atoms with E-state index in [4.69, 9.17) is 19.9 Å². The van der Waals surface area contributed by atoms with Gasteiger partial charge < -0.3 is 19.9 Å². The standard InChI is InChI=1S/C22H25NO5/c1-22(2,3)27-13-19(23)20(24)28-21(25)26-12-18-16-10-6-4-8-14(16)15-9-5-7-11-17(15)18/h4-11,18-19H,12-13,23H2,1-3H3/t19-/m0/s1. The quantitative estimate of drug-likeness (QED) is 0.627.